The SMILES string of the molecule is CCOC1=CC2=CC[C@@H]3[C@H](CC[C@]4(CC)CC[C@H](OC(C)=O)[C@@H]34)[C@H]2CC1. The van der Waals surface area contributed by atoms with E-state index in [-0.39, 0.29) is 12.1 Å². The van der Waals surface area contributed by atoms with Crippen LogP contribution in [-0.4, -0.2) is 18.7 Å². The Morgan fingerprint density at radius 2 is 2.00 bits per heavy atom. The number of ether oxygens (including phenoxy) is 2. The molecule has 0 saturated heterocycles. The summed E-state index contributed by atoms with van der Waals surface area (Å²) in [5.41, 5.74) is 1.93. The standard InChI is InChI=1S/C23H34O3/c1-4-23-12-10-19-18-9-7-17(25-5-2)14-16(18)6-8-20(19)22(23)21(11-13-23)26-15(3)24/h6,14,18-22H,4-5,7-13H2,1-3H3/t18-,19+,20+,21-,22+,23+/m0/s1. The number of rotatable bonds is 4. The van der Waals surface area contributed by atoms with Gasteiger partial charge in [0.15, 0.2) is 0 Å². The molecule has 2 saturated carbocycles. The Hall–Kier alpha value is -1.25. The van der Waals surface area contributed by atoms with Gasteiger partial charge in [0.2, 0.25) is 0 Å². The van der Waals surface area contributed by atoms with Gasteiger partial charge in [0.1, 0.15) is 6.10 Å². The van der Waals surface area contributed by atoms with E-state index in [0.29, 0.717) is 23.2 Å². The Bertz CT molecular complexity index is 619. The van der Waals surface area contributed by atoms with Gasteiger partial charge in [0.25, 0.3) is 0 Å². The molecule has 0 bridgehead atoms. The molecule has 3 nitrogen and oxygen atoms in total. The van der Waals surface area contributed by atoms with Crippen LogP contribution in [0.1, 0.15) is 72.1 Å². The summed E-state index contributed by atoms with van der Waals surface area (Å²) < 4.78 is 11.6. The predicted molar refractivity (Wildman–Crippen MR) is 102 cm³/mol. The number of carbonyl (C=O) groups excluding carboxylic acids is 1. The summed E-state index contributed by atoms with van der Waals surface area (Å²) in [7, 11) is 0. The zero-order chi connectivity index (χ0) is 18.3. The van der Waals surface area contributed by atoms with E-state index in [0.717, 1.165) is 31.8 Å². The summed E-state index contributed by atoms with van der Waals surface area (Å²) in [5.74, 6) is 3.77. The summed E-state index contributed by atoms with van der Waals surface area (Å²) in [4.78, 5) is 11.7. The second-order valence-electron chi connectivity index (χ2n) is 8.92. The topological polar surface area (TPSA) is 35.5 Å². The molecule has 0 heterocycles. The average molecular weight is 359 g/mol. The summed E-state index contributed by atoms with van der Waals surface area (Å²) in [6.07, 6.45) is 14.6. The molecule has 4 aliphatic rings. The molecular weight excluding hydrogens is 324 g/mol. The fraction of sp³-hybridized carbons (Fsp3) is 0.783. The quantitative estimate of drug-likeness (QED) is 0.630. The van der Waals surface area contributed by atoms with Crippen LogP contribution in [0.2, 0.25) is 0 Å². The van der Waals surface area contributed by atoms with E-state index in [2.05, 4.69) is 26.0 Å². The Morgan fingerprint density at radius 1 is 1.19 bits per heavy atom. The highest BCUT2D eigenvalue weighted by Crippen LogP contribution is 2.63. The predicted octanol–water partition coefficient (Wildman–Crippen LogP) is 5.41. The smallest absolute Gasteiger partial charge is 0.302 e. The van der Waals surface area contributed by atoms with Crippen molar-refractivity contribution in [3.8, 4) is 0 Å². The molecule has 2 fully saturated rings. The number of carbonyl (C=O) groups is 1. The van der Waals surface area contributed by atoms with E-state index in [1.54, 1.807) is 6.92 Å². The first kappa shape index (κ1) is 18.1. The van der Waals surface area contributed by atoms with E-state index in [9.17, 15) is 4.79 Å². The van der Waals surface area contributed by atoms with Crippen LogP contribution in [0.4, 0.5) is 0 Å². The second-order valence-corrected chi connectivity index (χ2v) is 8.92. The Morgan fingerprint density at radius 3 is 2.73 bits per heavy atom. The van der Waals surface area contributed by atoms with Crippen molar-refractivity contribution in [2.45, 2.75) is 78.2 Å². The van der Waals surface area contributed by atoms with E-state index < -0.39 is 0 Å². The van der Waals surface area contributed by atoms with E-state index >= 15 is 0 Å². The molecule has 0 aromatic carbocycles. The lowest BCUT2D eigenvalue weighted by molar-refractivity contribution is -0.153. The van der Waals surface area contributed by atoms with Crippen LogP contribution in [-0.2, 0) is 14.3 Å². The molecule has 0 spiro atoms. The minimum Gasteiger partial charge on any atom is -0.498 e. The number of fused-ring (bicyclic) bond motifs is 5. The van der Waals surface area contributed by atoms with Gasteiger partial charge < -0.3 is 9.47 Å². The molecule has 144 valence electrons. The average Bonchev–Trinajstić information content (AvgIpc) is 3.00. The first-order valence-electron chi connectivity index (χ1n) is 10.8. The third kappa shape index (κ3) is 2.92. The van der Waals surface area contributed by atoms with Gasteiger partial charge >= 0.3 is 5.97 Å². The van der Waals surface area contributed by atoms with E-state index in [1.165, 1.54) is 43.4 Å². The first-order valence-corrected chi connectivity index (χ1v) is 10.8. The molecule has 0 aliphatic heterocycles. The Kier molecular flexibility index (Phi) is 4.92. The molecular formula is C23H34O3. The molecule has 0 aromatic rings. The third-order valence-electron chi connectivity index (χ3n) is 7.97. The number of hydrogen-bond donors (Lipinski definition) is 0. The van der Waals surface area contributed by atoms with Crippen molar-refractivity contribution in [2.75, 3.05) is 6.61 Å². The highest BCUT2D eigenvalue weighted by molar-refractivity contribution is 5.66. The molecule has 26 heavy (non-hydrogen) atoms. The zero-order valence-corrected chi connectivity index (χ0v) is 16.6. The van der Waals surface area contributed by atoms with Crippen LogP contribution < -0.4 is 0 Å². The van der Waals surface area contributed by atoms with Crippen molar-refractivity contribution in [3.05, 3.63) is 23.5 Å². The van der Waals surface area contributed by atoms with E-state index in [4.69, 9.17) is 9.47 Å². The number of esters is 1. The Balaban J connectivity index is 1.62. The molecule has 6 atom stereocenters. The van der Waals surface area contributed by atoms with Crippen LogP contribution >= 0.6 is 0 Å². The van der Waals surface area contributed by atoms with Crippen molar-refractivity contribution in [2.24, 2.45) is 29.1 Å². The molecule has 3 heteroatoms. The summed E-state index contributed by atoms with van der Waals surface area (Å²) in [6.45, 7) is 6.76. The fourth-order valence-corrected chi connectivity index (χ4v) is 6.95. The van der Waals surface area contributed by atoms with Gasteiger partial charge in [-0.2, -0.15) is 0 Å². The lowest BCUT2D eigenvalue weighted by Gasteiger charge is -2.53. The van der Waals surface area contributed by atoms with Crippen LogP contribution in [0.15, 0.2) is 23.5 Å². The molecule has 0 radical (unpaired) electrons. The molecule has 0 N–H and O–H groups in total. The summed E-state index contributed by atoms with van der Waals surface area (Å²) in [5, 5.41) is 0. The van der Waals surface area contributed by atoms with Crippen molar-refractivity contribution in [3.63, 3.8) is 0 Å². The van der Waals surface area contributed by atoms with Gasteiger partial charge in [0, 0.05) is 19.3 Å². The van der Waals surface area contributed by atoms with Gasteiger partial charge in [0.05, 0.1) is 12.4 Å². The molecule has 0 amide bonds. The lowest BCUT2D eigenvalue weighted by Crippen LogP contribution is -2.48. The maximum absolute atomic E-state index is 11.7. The Labute approximate surface area is 158 Å². The van der Waals surface area contributed by atoms with Gasteiger partial charge in [-0.05, 0) is 80.3 Å². The number of allylic oxidation sites excluding steroid dienone is 4. The molecule has 4 aliphatic carbocycles. The highest BCUT2D eigenvalue weighted by atomic mass is 16.5. The maximum atomic E-state index is 11.7. The van der Waals surface area contributed by atoms with Crippen molar-refractivity contribution < 1.29 is 14.3 Å². The zero-order valence-electron chi connectivity index (χ0n) is 16.6. The maximum Gasteiger partial charge on any atom is 0.302 e. The van der Waals surface area contributed by atoms with Gasteiger partial charge in [-0.15, -0.1) is 0 Å². The highest BCUT2D eigenvalue weighted by Gasteiger charge is 2.57. The monoisotopic (exact) mass is 358 g/mol. The van der Waals surface area contributed by atoms with E-state index in [1.807, 2.05) is 0 Å². The number of hydrogen-bond acceptors (Lipinski definition) is 3. The van der Waals surface area contributed by atoms with Crippen LogP contribution in [0.3, 0.4) is 0 Å². The minimum absolute atomic E-state index is 0.0991. The normalized spacial score (nSPS) is 41.3. The van der Waals surface area contributed by atoms with Crippen molar-refractivity contribution >= 4 is 5.97 Å². The fourth-order valence-electron chi connectivity index (χ4n) is 6.95. The lowest BCUT2D eigenvalue weighted by atomic mass is 9.52. The van der Waals surface area contributed by atoms with Crippen molar-refractivity contribution in [1.29, 1.82) is 0 Å². The third-order valence-corrected chi connectivity index (χ3v) is 7.97. The van der Waals surface area contributed by atoms with Crippen LogP contribution in [0, 0.1) is 29.1 Å². The minimum atomic E-state index is -0.0991. The van der Waals surface area contributed by atoms with Gasteiger partial charge in [-0.1, -0.05) is 19.4 Å². The second kappa shape index (κ2) is 7.05. The molecule has 4 rings (SSSR count). The van der Waals surface area contributed by atoms with Gasteiger partial charge in [-0.25, -0.2) is 0 Å². The molecule has 0 aromatic heterocycles. The van der Waals surface area contributed by atoms with Crippen LogP contribution in [0.25, 0.3) is 0 Å². The van der Waals surface area contributed by atoms with Gasteiger partial charge in [-0.3, -0.25) is 4.79 Å². The largest absolute Gasteiger partial charge is 0.498 e. The summed E-state index contributed by atoms with van der Waals surface area (Å²) in [6, 6.07) is 0. The first-order chi connectivity index (χ1) is 12.6. The van der Waals surface area contributed by atoms with Crippen molar-refractivity contribution in [1.82, 2.24) is 0 Å². The molecule has 0 unspecified atom stereocenters. The van der Waals surface area contributed by atoms with Crippen LogP contribution in [0.5, 0.6) is 0 Å². The summed E-state index contributed by atoms with van der Waals surface area (Å²) >= 11 is 0.